The highest BCUT2D eigenvalue weighted by atomic mass is 16.6. The Balaban J connectivity index is 2.09. The predicted octanol–water partition coefficient (Wildman–Crippen LogP) is 1.65. The average molecular weight is 251 g/mol. The Morgan fingerprint density at radius 3 is 2.72 bits per heavy atom. The van der Waals surface area contributed by atoms with E-state index in [0.29, 0.717) is 24.6 Å². The molecule has 1 aromatic rings. The number of hydrogen-bond donors (Lipinski definition) is 1. The normalized spacial score (nSPS) is 17.4. The summed E-state index contributed by atoms with van der Waals surface area (Å²) in [6, 6.07) is 3.10. The highest BCUT2D eigenvalue weighted by Gasteiger charge is 2.41. The summed E-state index contributed by atoms with van der Waals surface area (Å²) in [5, 5.41) is 20.8. The lowest BCUT2D eigenvalue weighted by Gasteiger charge is -2.47. The zero-order valence-corrected chi connectivity index (χ0v) is 10.6. The summed E-state index contributed by atoms with van der Waals surface area (Å²) in [6.45, 7) is 4.75. The lowest BCUT2D eigenvalue weighted by Crippen LogP contribution is -2.62. The van der Waals surface area contributed by atoms with Crippen molar-refractivity contribution in [1.29, 1.82) is 0 Å². The second kappa shape index (κ2) is 4.53. The third kappa shape index (κ3) is 2.28. The molecular formula is C12H17N3O3. The van der Waals surface area contributed by atoms with Gasteiger partial charge in [-0.1, -0.05) is 13.3 Å². The van der Waals surface area contributed by atoms with Gasteiger partial charge in [-0.2, -0.15) is 0 Å². The molecule has 98 valence electrons. The predicted molar refractivity (Wildman–Crippen MR) is 67.7 cm³/mol. The number of nitrogens with zero attached hydrogens (tertiary/aromatic N) is 3. The van der Waals surface area contributed by atoms with Crippen LogP contribution in [-0.4, -0.2) is 33.7 Å². The third-order valence-corrected chi connectivity index (χ3v) is 3.25. The first-order valence-electron chi connectivity index (χ1n) is 6.04. The molecule has 0 aromatic carbocycles. The molecule has 0 saturated carbocycles. The Kier molecular flexibility index (Phi) is 3.21. The molecule has 2 heterocycles. The van der Waals surface area contributed by atoms with Gasteiger partial charge < -0.3 is 10.0 Å². The van der Waals surface area contributed by atoms with Gasteiger partial charge in [0.1, 0.15) is 11.5 Å². The van der Waals surface area contributed by atoms with E-state index in [0.717, 1.165) is 12.8 Å². The minimum atomic E-state index is -0.619. The minimum absolute atomic E-state index is 0.0306. The molecular weight excluding hydrogens is 234 g/mol. The van der Waals surface area contributed by atoms with Gasteiger partial charge >= 0.3 is 0 Å². The molecule has 0 spiro atoms. The van der Waals surface area contributed by atoms with E-state index < -0.39 is 10.5 Å². The monoisotopic (exact) mass is 251 g/mol. The highest BCUT2D eigenvalue weighted by molar-refractivity contribution is 5.49. The van der Waals surface area contributed by atoms with Gasteiger partial charge in [0.2, 0.25) is 0 Å². The van der Waals surface area contributed by atoms with Crippen molar-refractivity contribution in [3.8, 4) is 0 Å². The number of aryl methyl sites for hydroxylation is 1. The Labute approximate surface area is 105 Å². The van der Waals surface area contributed by atoms with Crippen LogP contribution in [-0.2, 0) is 0 Å². The van der Waals surface area contributed by atoms with E-state index in [1.165, 1.54) is 6.07 Å². The van der Waals surface area contributed by atoms with Crippen molar-refractivity contribution < 1.29 is 10.0 Å². The molecule has 1 aliphatic heterocycles. The van der Waals surface area contributed by atoms with Gasteiger partial charge in [-0.05, 0) is 19.4 Å². The molecule has 0 aliphatic carbocycles. The fraction of sp³-hybridized carbons (Fsp3) is 0.583. The van der Waals surface area contributed by atoms with E-state index in [9.17, 15) is 15.2 Å². The van der Waals surface area contributed by atoms with Gasteiger partial charge in [-0.15, -0.1) is 0 Å². The first kappa shape index (κ1) is 12.8. The zero-order valence-electron chi connectivity index (χ0n) is 10.6. The van der Waals surface area contributed by atoms with E-state index in [1.807, 2.05) is 11.8 Å². The number of hydrogen-bond acceptors (Lipinski definition) is 5. The van der Waals surface area contributed by atoms with Crippen LogP contribution in [0, 0.1) is 17.0 Å². The van der Waals surface area contributed by atoms with Crippen LogP contribution in [0.2, 0.25) is 0 Å². The molecule has 1 saturated heterocycles. The van der Waals surface area contributed by atoms with Crippen LogP contribution in [0.25, 0.3) is 0 Å². The van der Waals surface area contributed by atoms with E-state index in [1.54, 1.807) is 13.0 Å². The Morgan fingerprint density at radius 1 is 1.56 bits per heavy atom. The fourth-order valence-corrected chi connectivity index (χ4v) is 2.36. The summed E-state index contributed by atoms with van der Waals surface area (Å²) >= 11 is 0. The molecule has 6 nitrogen and oxygen atoms in total. The summed E-state index contributed by atoms with van der Waals surface area (Å²) in [7, 11) is 0. The maximum absolute atomic E-state index is 10.7. The quantitative estimate of drug-likeness (QED) is 0.650. The van der Waals surface area contributed by atoms with Crippen molar-refractivity contribution in [3.05, 3.63) is 27.9 Å². The first-order valence-corrected chi connectivity index (χ1v) is 6.04. The SMILES string of the molecule is CCCC1(O)CN(c2ccc([N+](=O)[O-])c(C)n2)C1. The van der Waals surface area contributed by atoms with Crippen LogP contribution >= 0.6 is 0 Å². The van der Waals surface area contributed by atoms with E-state index in [-0.39, 0.29) is 5.69 Å². The maximum Gasteiger partial charge on any atom is 0.290 e. The molecule has 0 bridgehead atoms. The van der Waals surface area contributed by atoms with E-state index >= 15 is 0 Å². The van der Waals surface area contributed by atoms with Crippen molar-refractivity contribution in [2.75, 3.05) is 18.0 Å². The number of anilines is 1. The molecule has 1 aromatic heterocycles. The number of aliphatic hydroxyl groups is 1. The van der Waals surface area contributed by atoms with Gasteiger partial charge in [-0.25, -0.2) is 4.98 Å². The Hall–Kier alpha value is -1.69. The van der Waals surface area contributed by atoms with Crippen LogP contribution in [0.1, 0.15) is 25.5 Å². The molecule has 2 rings (SSSR count). The fourth-order valence-electron chi connectivity index (χ4n) is 2.36. The van der Waals surface area contributed by atoms with Crippen LogP contribution in [0.15, 0.2) is 12.1 Å². The second-order valence-corrected chi connectivity index (χ2v) is 4.86. The topological polar surface area (TPSA) is 79.5 Å². The van der Waals surface area contributed by atoms with Crippen molar-refractivity contribution >= 4 is 11.5 Å². The molecule has 1 fully saturated rings. The first-order chi connectivity index (χ1) is 8.45. The standard InChI is InChI=1S/C12H17N3O3/c1-3-6-12(16)7-14(8-12)11-5-4-10(15(17)18)9(2)13-11/h4-5,16H,3,6-8H2,1-2H3. The number of β-amino-alcohol motifs (C(OH)–C–C–N with tert-alkyl or cyclic N) is 1. The summed E-state index contributed by atoms with van der Waals surface area (Å²) in [5.41, 5.74) is -0.182. The molecule has 0 unspecified atom stereocenters. The maximum atomic E-state index is 10.7. The smallest absolute Gasteiger partial charge is 0.290 e. The van der Waals surface area contributed by atoms with Gasteiger partial charge in [0.05, 0.1) is 10.5 Å². The van der Waals surface area contributed by atoms with Crippen molar-refractivity contribution in [2.24, 2.45) is 0 Å². The number of pyridine rings is 1. The van der Waals surface area contributed by atoms with Crippen LogP contribution < -0.4 is 4.90 Å². The summed E-state index contributed by atoms with van der Waals surface area (Å²) < 4.78 is 0. The molecule has 0 atom stereocenters. The van der Waals surface area contributed by atoms with Crippen LogP contribution in [0.5, 0.6) is 0 Å². The second-order valence-electron chi connectivity index (χ2n) is 4.86. The minimum Gasteiger partial charge on any atom is -0.386 e. The largest absolute Gasteiger partial charge is 0.386 e. The molecule has 0 amide bonds. The van der Waals surface area contributed by atoms with Crippen LogP contribution in [0.4, 0.5) is 11.5 Å². The number of aromatic nitrogens is 1. The summed E-state index contributed by atoms with van der Waals surface area (Å²) in [4.78, 5) is 16.4. The average Bonchev–Trinajstić information content (AvgIpc) is 2.25. The number of nitro groups is 1. The Bertz CT molecular complexity index is 470. The van der Waals surface area contributed by atoms with Gasteiger partial charge in [0.25, 0.3) is 5.69 Å². The molecule has 1 N–H and O–H groups in total. The van der Waals surface area contributed by atoms with Gasteiger partial charge in [0.15, 0.2) is 0 Å². The number of rotatable bonds is 4. The van der Waals surface area contributed by atoms with Gasteiger partial charge in [-0.3, -0.25) is 10.1 Å². The Morgan fingerprint density at radius 2 is 2.22 bits per heavy atom. The molecule has 6 heteroatoms. The molecule has 1 aliphatic rings. The van der Waals surface area contributed by atoms with Crippen molar-refractivity contribution in [3.63, 3.8) is 0 Å². The zero-order chi connectivity index (χ0) is 13.3. The molecule has 18 heavy (non-hydrogen) atoms. The molecule has 0 radical (unpaired) electrons. The highest BCUT2D eigenvalue weighted by Crippen LogP contribution is 2.31. The summed E-state index contributed by atoms with van der Waals surface area (Å²) in [5.74, 6) is 0.693. The van der Waals surface area contributed by atoms with Crippen molar-refractivity contribution in [1.82, 2.24) is 4.98 Å². The van der Waals surface area contributed by atoms with E-state index in [4.69, 9.17) is 0 Å². The van der Waals surface area contributed by atoms with E-state index in [2.05, 4.69) is 4.98 Å². The lowest BCUT2D eigenvalue weighted by molar-refractivity contribution is -0.385. The van der Waals surface area contributed by atoms with Crippen LogP contribution in [0.3, 0.4) is 0 Å². The third-order valence-electron chi connectivity index (χ3n) is 3.25. The summed E-state index contributed by atoms with van der Waals surface area (Å²) in [6.07, 6.45) is 1.71. The van der Waals surface area contributed by atoms with Gasteiger partial charge in [0, 0.05) is 19.2 Å². The lowest BCUT2D eigenvalue weighted by atomic mass is 9.89. The van der Waals surface area contributed by atoms with Crippen molar-refractivity contribution in [2.45, 2.75) is 32.3 Å².